The van der Waals surface area contributed by atoms with Gasteiger partial charge in [0.25, 0.3) is 0 Å². The molecule has 1 aliphatic carbocycles. The van der Waals surface area contributed by atoms with Crippen LogP contribution in [-0.2, 0) is 0 Å². The van der Waals surface area contributed by atoms with Crippen LogP contribution in [0, 0.1) is 18.8 Å². The van der Waals surface area contributed by atoms with Gasteiger partial charge in [0, 0.05) is 24.2 Å². The molecule has 2 heterocycles. The number of H-pyrrole nitrogens is 1. The molecule has 1 aromatic heterocycles. The Kier molecular flexibility index (Phi) is 2.16. The van der Waals surface area contributed by atoms with Gasteiger partial charge in [0.05, 0.1) is 11.7 Å². The highest BCUT2D eigenvalue weighted by atomic mass is 15.2. The molecule has 2 fully saturated rings. The molecule has 1 N–H and O–H groups in total. The van der Waals surface area contributed by atoms with Gasteiger partial charge in [-0.3, -0.25) is 5.10 Å². The summed E-state index contributed by atoms with van der Waals surface area (Å²) in [7, 11) is 0. The number of aromatic nitrogens is 2. The van der Waals surface area contributed by atoms with Crippen LogP contribution in [0.4, 0.5) is 5.69 Å². The Balaban J connectivity index is 1.76. The second kappa shape index (κ2) is 3.74. The molecule has 0 bridgehead atoms. The smallest absolute Gasteiger partial charge is 0.0673 e. The summed E-state index contributed by atoms with van der Waals surface area (Å²) in [5, 5.41) is 8.57. The number of anilines is 1. The predicted molar refractivity (Wildman–Crippen MR) is 73.9 cm³/mol. The highest BCUT2D eigenvalue weighted by Gasteiger charge is 2.36. The number of rotatable bonds is 1. The zero-order chi connectivity index (χ0) is 12.1. The zero-order valence-electron chi connectivity index (χ0n) is 10.8. The van der Waals surface area contributed by atoms with Crippen LogP contribution in [0.15, 0.2) is 18.3 Å². The monoisotopic (exact) mass is 241 g/mol. The Morgan fingerprint density at radius 1 is 1.22 bits per heavy atom. The van der Waals surface area contributed by atoms with Crippen molar-refractivity contribution in [1.29, 1.82) is 0 Å². The van der Waals surface area contributed by atoms with E-state index >= 15 is 0 Å². The topological polar surface area (TPSA) is 31.9 Å². The van der Waals surface area contributed by atoms with Crippen LogP contribution < -0.4 is 4.90 Å². The summed E-state index contributed by atoms with van der Waals surface area (Å²) in [6.07, 6.45) is 6.28. The van der Waals surface area contributed by atoms with Gasteiger partial charge in [0.2, 0.25) is 0 Å². The SMILES string of the molecule is Cc1cc(N2CC3CCCC3C2)c2cn[nH]c2c1. The van der Waals surface area contributed by atoms with Crippen LogP contribution >= 0.6 is 0 Å². The standard InChI is InChI=1S/C15H19N3/c1-10-5-14-13(7-16-17-14)15(6-10)18-8-11-3-2-4-12(11)9-18/h5-7,11-12H,2-4,8-9H2,1H3,(H,16,17). The minimum Gasteiger partial charge on any atom is -0.370 e. The summed E-state index contributed by atoms with van der Waals surface area (Å²) in [5.74, 6) is 1.87. The maximum absolute atomic E-state index is 4.19. The number of aryl methyl sites for hydroxylation is 1. The Morgan fingerprint density at radius 2 is 2.00 bits per heavy atom. The normalized spacial score (nSPS) is 27.1. The molecular weight excluding hydrogens is 222 g/mol. The second-order valence-electron chi connectivity index (χ2n) is 5.97. The fourth-order valence-corrected chi connectivity index (χ4v) is 3.87. The number of benzene rings is 1. The summed E-state index contributed by atoms with van der Waals surface area (Å²) in [5.41, 5.74) is 3.87. The van der Waals surface area contributed by atoms with E-state index in [1.54, 1.807) is 0 Å². The van der Waals surface area contributed by atoms with E-state index in [1.165, 1.54) is 54.5 Å². The third kappa shape index (κ3) is 1.46. The van der Waals surface area contributed by atoms with E-state index in [0.717, 1.165) is 11.8 Å². The van der Waals surface area contributed by atoms with Crippen molar-refractivity contribution in [2.24, 2.45) is 11.8 Å². The third-order valence-corrected chi connectivity index (χ3v) is 4.75. The van der Waals surface area contributed by atoms with Gasteiger partial charge in [-0.15, -0.1) is 0 Å². The van der Waals surface area contributed by atoms with Crippen LogP contribution in [-0.4, -0.2) is 23.3 Å². The van der Waals surface area contributed by atoms with Gasteiger partial charge >= 0.3 is 0 Å². The summed E-state index contributed by atoms with van der Waals surface area (Å²) in [6, 6.07) is 4.50. The van der Waals surface area contributed by atoms with Crippen molar-refractivity contribution >= 4 is 16.6 Å². The number of nitrogens with one attached hydrogen (secondary N) is 1. The first-order valence-corrected chi connectivity index (χ1v) is 7.00. The molecule has 1 saturated carbocycles. The van der Waals surface area contributed by atoms with Crippen molar-refractivity contribution in [2.75, 3.05) is 18.0 Å². The average Bonchev–Trinajstić information content (AvgIpc) is 3.01. The maximum atomic E-state index is 4.19. The number of hydrogen-bond acceptors (Lipinski definition) is 2. The van der Waals surface area contributed by atoms with E-state index in [4.69, 9.17) is 0 Å². The highest BCUT2D eigenvalue weighted by molar-refractivity contribution is 5.92. The van der Waals surface area contributed by atoms with Crippen LogP contribution in [0.2, 0.25) is 0 Å². The van der Waals surface area contributed by atoms with E-state index in [0.29, 0.717) is 0 Å². The minimum atomic E-state index is 0.937. The first-order valence-electron chi connectivity index (χ1n) is 7.00. The first-order chi connectivity index (χ1) is 8.81. The van der Waals surface area contributed by atoms with E-state index in [2.05, 4.69) is 34.2 Å². The lowest BCUT2D eigenvalue weighted by molar-refractivity contribution is 0.494. The third-order valence-electron chi connectivity index (χ3n) is 4.75. The highest BCUT2D eigenvalue weighted by Crippen LogP contribution is 2.41. The van der Waals surface area contributed by atoms with Crippen LogP contribution in [0.25, 0.3) is 10.9 Å². The van der Waals surface area contributed by atoms with Crippen molar-refractivity contribution in [3.63, 3.8) is 0 Å². The molecule has 4 rings (SSSR count). The van der Waals surface area contributed by atoms with E-state index < -0.39 is 0 Å². The molecule has 3 heteroatoms. The summed E-state index contributed by atoms with van der Waals surface area (Å²) >= 11 is 0. The molecule has 2 unspecified atom stereocenters. The Morgan fingerprint density at radius 3 is 2.78 bits per heavy atom. The molecule has 2 atom stereocenters. The number of aromatic amines is 1. The fraction of sp³-hybridized carbons (Fsp3) is 0.533. The number of hydrogen-bond donors (Lipinski definition) is 1. The van der Waals surface area contributed by atoms with Crippen molar-refractivity contribution < 1.29 is 0 Å². The zero-order valence-corrected chi connectivity index (χ0v) is 10.8. The van der Waals surface area contributed by atoms with Crippen LogP contribution in [0.3, 0.4) is 0 Å². The molecule has 18 heavy (non-hydrogen) atoms. The largest absolute Gasteiger partial charge is 0.370 e. The quantitative estimate of drug-likeness (QED) is 0.832. The van der Waals surface area contributed by atoms with Gasteiger partial charge in [-0.2, -0.15) is 5.10 Å². The summed E-state index contributed by atoms with van der Waals surface area (Å²) in [6.45, 7) is 4.66. The molecule has 1 aliphatic heterocycles. The lowest BCUT2D eigenvalue weighted by Gasteiger charge is -2.21. The summed E-state index contributed by atoms with van der Waals surface area (Å²) < 4.78 is 0. The number of nitrogens with zero attached hydrogens (tertiary/aromatic N) is 2. The lowest BCUT2D eigenvalue weighted by Crippen LogP contribution is -2.20. The van der Waals surface area contributed by atoms with Crippen molar-refractivity contribution in [1.82, 2.24) is 10.2 Å². The van der Waals surface area contributed by atoms with Gasteiger partial charge < -0.3 is 4.90 Å². The molecule has 0 amide bonds. The molecule has 1 aromatic carbocycles. The van der Waals surface area contributed by atoms with Crippen molar-refractivity contribution in [2.45, 2.75) is 26.2 Å². The van der Waals surface area contributed by atoms with Crippen LogP contribution in [0.1, 0.15) is 24.8 Å². The Bertz CT molecular complexity index is 574. The van der Waals surface area contributed by atoms with Gasteiger partial charge in [0.1, 0.15) is 0 Å². The predicted octanol–water partition coefficient (Wildman–Crippen LogP) is 3.11. The molecule has 1 saturated heterocycles. The van der Waals surface area contributed by atoms with E-state index in [9.17, 15) is 0 Å². The summed E-state index contributed by atoms with van der Waals surface area (Å²) in [4.78, 5) is 2.58. The molecule has 2 aromatic rings. The molecule has 3 nitrogen and oxygen atoms in total. The fourth-order valence-electron chi connectivity index (χ4n) is 3.87. The Hall–Kier alpha value is -1.51. The second-order valence-corrected chi connectivity index (χ2v) is 5.97. The van der Waals surface area contributed by atoms with Crippen molar-refractivity contribution in [3.05, 3.63) is 23.9 Å². The minimum absolute atomic E-state index is 0.937. The molecular formula is C15H19N3. The van der Waals surface area contributed by atoms with Gasteiger partial charge in [-0.1, -0.05) is 6.42 Å². The number of fused-ring (bicyclic) bond motifs is 2. The molecule has 94 valence electrons. The molecule has 0 radical (unpaired) electrons. The van der Waals surface area contributed by atoms with Gasteiger partial charge in [0.15, 0.2) is 0 Å². The maximum Gasteiger partial charge on any atom is 0.0673 e. The molecule has 2 aliphatic rings. The van der Waals surface area contributed by atoms with Gasteiger partial charge in [-0.05, 0) is 49.3 Å². The van der Waals surface area contributed by atoms with Crippen LogP contribution in [0.5, 0.6) is 0 Å². The van der Waals surface area contributed by atoms with E-state index in [-0.39, 0.29) is 0 Å². The van der Waals surface area contributed by atoms with Crippen molar-refractivity contribution in [3.8, 4) is 0 Å². The van der Waals surface area contributed by atoms with Gasteiger partial charge in [-0.25, -0.2) is 0 Å². The average molecular weight is 241 g/mol. The lowest BCUT2D eigenvalue weighted by atomic mass is 10.0. The van der Waals surface area contributed by atoms with E-state index in [1.807, 2.05) is 6.20 Å². The molecule has 0 spiro atoms. The first kappa shape index (κ1) is 10.4. The Labute approximate surface area is 107 Å².